The molecule has 8 atom stereocenters. The van der Waals surface area contributed by atoms with Crippen LogP contribution in [0.1, 0.15) is 57.6 Å². The molecule has 268 valence electrons. The monoisotopic (exact) mass is 687 g/mol. The number of carbonyl (C=O) groups is 4. The highest BCUT2D eigenvalue weighted by Crippen LogP contribution is 2.59. The van der Waals surface area contributed by atoms with Gasteiger partial charge >= 0.3 is 5.97 Å². The van der Waals surface area contributed by atoms with Crippen molar-refractivity contribution in [2.45, 2.75) is 75.8 Å². The first-order valence-corrected chi connectivity index (χ1v) is 17.5. The Balaban J connectivity index is 1.51. The van der Waals surface area contributed by atoms with E-state index in [2.05, 4.69) is 18.5 Å². The van der Waals surface area contributed by atoms with Gasteiger partial charge in [0.15, 0.2) is 0 Å². The number of benzene rings is 2. The maximum absolute atomic E-state index is 14.9. The number of hydrogen-bond acceptors (Lipinski definition) is 8. The molecule has 0 aromatic heterocycles. The number of carbonyl (C=O) groups excluding carboxylic acids is 4. The SMILES string of the molecule is C=CCCC(=O)NC[C@H](OC(=O)[C@@H]1[C@H]2C(=O)N([C@@H](CO)[C@@H](C)CC)[C@H](C(=O)N(CC=C)c3ccc(OC)cc3)[C@]23CC[C@H]1O3)c1ccccc1. The van der Waals surface area contributed by atoms with Gasteiger partial charge in [0.2, 0.25) is 11.8 Å². The van der Waals surface area contributed by atoms with Crippen LogP contribution in [0.15, 0.2) is 79.9 Å². The third-order valence-corrected chi connectivity index (χ3v) is 10.5. The summed E-state index contributed by atoms with van der Waals surface area (Å²) in [6, 6.07) is 14.4. The third-order valence-electron chi connectivity index (χ3n) is 10.5. The number of nitrogens with zero attached hydrogens (tertiary/aromatic N) is 2. The van der Waals surface area contributed by atoms with E-state index in [1.165, 1.54) is 4.90 Å². The van der Waals surface area contributed by atoms with Crippen LogP contribution in [-0.2, 0) is 28.7 Å². The van der Waals surface area contributed by atoms with Crippen molar-refractivity contribution >= 4 is 29.4 Å². The second-order valence-electron chi connectivity index (χ2n) is 13.3. The molecule has 0 aliphatic carbocycles. The van der Waals surface area contributed by atoms with E-state index < -0.39 is 53.6 Å². The number of anilines is 1. The molecule has 1 spiro atoms. The fourth-order valence-electron chi connectivity index (χ4n) is 7.81. The molecule has 2 bridgehead atoms. The van der Waals surface area contributed by atoms with Gasteiger partial charge in [-0.05, 0) is 55.0 Å². The minimum atomic E-state index is -1.31. The lowest BCUT2D eigenvalue weighted by molar-refractivity contribution is -0.161. The van der Waals surface area contributed by atoms with Gasteiger partial charge in [-0.25, -0.2) is 0 Å². The number of allylic oxidation sites excluding steroid dienone is 1. The Morgan fingerprint density at radius 2 is 1.86 bits per heavy atom. The number of fused-ring (bicyclic) bond motifs is 1. The van der Waals surface area contributed by atoms with Gasteiger partial charge in [0.25, 0.3) is 5.91 Å². The average Bonchev–Trinajstić information content (AvgIpc) is 3.79. The van der Waals surface area contributed by atoms with Crippen molar-refractivity contribution in [2.75, 3.05) is 31.7 Å². The van der Waals surface area contributed by atoms with Crippen LogP contribution >= 0.6 is 0 Å². The highest BCUT2D eigenvalue weighted by molar-refractivity contribution is 6.05. The number of ether oxygens (including phenoxy) is 3. The number of rotatable bonds is 17. The lowest BCUT2D eigenvalue weighted by Gasteiger charge is -2.40. The molecule has 3 amide bonds. The van der Waals surface area contributed by atoms with Crippen LogP contribution in [-0.4, -0.2) is 84.3 Å². The van der Waals surface area contributed by atoms with E-state index in [1.807, 2.05) is 44.2 Å². The van der Waals surface area contributed by atoms with Crippen molar-refractivity contribution in [1.82, 2.24) is 10.2 Å². The summed E-state index contributed by atoms with van der Waals surface area (Å²) in [6.07, 6.45) is 4.07. The first-order valence-electron chi connectivity index (χ1n) is 17.5. The first kappa shape index (κ1) is 36.8. The summed E-state index contributed by atoms with van der Waals surface area (Å²) in [4.78, 5) is 59.5. The molecule has 2 aromatic rings. The van der Waals surface area contributed by atoms with E-state index in [-0.39, 0.29) is 43.8 Å². The normalized spacial score (nSPS) is 25.3. The summed E-state index contributed by atoms with van der Waals surface area (Å²) in [5, 5.41) is 13.6. The lowest BCUT2D eigenvalue weighted by Crippen LogP contribution is -2.60. The molecule has 3 heterocycles. The molecule has 3 aliphatic heterocycles. The average molecular weight is 688 g/mol. The fourth-order valence-corrected chi connectivity index (χ4v) is 7.81. The van der Waals surface area contributed by atoms with E-state index in [1.54, 1.807) is 48.4 Å². The van der Waals surface area contributed by atoms with Crippen LogP contribution in [0, 0.1) is 17.8 Å². The van der Waals surface area contributed by atoms with Gasteiger partial charge in [-0.3, -0.25) is 19.2 Å². The van der Waals surface area contributed by atoms with Crippen molar-refractivity contribution in [3.05, 3.63) is 85.5 Å². The summed E-state index contributed by atoms with van der Waals surface area (Å²) in [7, 11) is 1.56. The molecule has 3 fully saturated rings. The predicted molar refractivity (Wildman–Crippen MR) is 188 cm³/mol. The second-order valence-corrected chi connectivity index (χ2v) is 13.3. The molecule has 3 saturated heterocycles. The quantitative estimate of drug-likeness (QED) is 0.185. The van der Waals surface area contributed by atoms with E-state index in [0.29, 0.717) is 42.7 Å². The Labute approximate surface area is 294 Å². The molecule has 0 saturated carbocycles. The second kappa shape index (κ2) is 16.0. The van der Waals surface area contributed by atoms with Crippen LogP contribution in [0.4, 0.5) is 5.69 Å². The number of esters is 1. The molecule has 11 nitrogen and oxygen atoms in total. The minimum Gasteiger partial charge on any atom is -0.497 e. The molecular weight excluding hydrogens is 638 g/mol. The summed E-state index contributed by atoms with van der Waals surface area (Å²) in [5.41, 5.74) is -0.0414. The summed E-state index contributed by atoms with van der Waals surface area (Å²) in [5.74, 6) is -3.13. The summed E-state index contributed by atoms with van der Waals surface area (Å²) >= 11 is 0. The van der Waals surface area contributed by atoms with Gasteiger partial charge in [0.05, 0.1) is 44.2 Å². The molecule has 5 rings (SSSR count). The maximum atomic E-state index is 14.9. The molecule has 2 N–H and O–H groups in total. The molecule has 2 aromatic carbocycles. The van der Waals surface area contributed by atoms with Gasteiger partial charge in [-0.2, -0.15) is 0 Å². The molecule has 11 heteroatoms. The number of nitrogens with one attached hydrogen (secondary N) is 1. The highest BCUT2D eigenvalue weighted by Gasteiger charge is 2.76. The summed E-state index contributed by atoms with van der Waals surface area (Å²) in [6.45, 7) is 11.3. The maximum Gasteiger partial charge on any atom is 0.313 e. The number of hydrogen-bond donors (Lipinski definition) is 2. The molecule has 0 unspecified atom stereocenters. The van der Waals surface area contributed by atoms with Gasteiger partial charge in [0.1, 0.15) is 23.5 Å². The topological polar surface area (TPSA) is 135 Å². The first-order chi connectivity index (χ1) is 24.1. The van der Waals surface area contributed by atoms with Crippen LogP contribution in [0.3, 0.4) is 0 Å². The zero-order valence-electron chi connectivity index (χ0n) is 29.2. The molecular formula is C39H49N3O8. The standard InChI is InChI=1S/C39H49N3O8/c1-6-9-15-32(44)40-23-31(26-13-11-10-12-14-26)49-38(47)33-30-20-21-39(50-30)34(33)36(45)42(29(24-43)25(4)8-3)35(39)37(46)41(22-7-2)27-16-18-28(48-5)19-17-27/h6-7,10-14,16-19,25,29-31,33-35,43H,1-2,8-9,15,20-24H2,3-5H3,(H,40,44)/t25-,29-,30+,31-,33-,34-,35+,39-/m0/s1. The third kappa shape index (κ3) is 6.93. The highest BCUT2D eigenvalue weighted by atomic mass is 16.6. The van der Waals surface area contributed by atoms with E-state index >= 15 is 0 Å². The minimum absolute atomic E-state index is 0.0416. The van der Waals surface area contributed by atoms with Crippen molar-refractivity contribution in [3.8, 4) is 5.75 Å². The van der Waals surface area contributed by atoms with Gasteiger partial charge in [0, 0.05) is 18.7 Å². The number of aliphatic hydroxyl groups is 1. The van der Waals surface area contributed by atoms with Crippen molar-refractivity contribution in [2.24, 2.45) is 17.8 Å². The van der Waals surface area contributed by atoms with Crippen LogP contribution in [0.2, 0.25) is 0 Å². The van der Waals surface area contributed by atoms with Gasteiger partial charge in [-0.15, -0.1) is 13.2 Å². The Morgan fingerprint density at radius 3 is 2.48 bits per heavy atom. The zero-order valence-corrected chi connectivity index (χ0v) is 29.2. The Kier molecular flexibility index (Phi) is 11.8. The predicted octanol–water partition coefficient (Wildman–Crippen LogP) is 4.36. The molecule has 3 aliphatic rings. The van der Waals surface area contributed by atoms with Gasteiger partial charge < -0.3 is 34.4 Å². The van der Waals surface area contributed by atoms with E-state index in [9.17, 15) is 24.3 Å². The Hall–Kier alpha value is -4.48. The van der Waals surface area contributed by atoms with Crippen molar-refractivity contribution in [3.63, 3.8) is 0 Å². The number of aliphatic hydroxyl groups excluding tert-OH is 1. The summed E-state index contributed by atoms with van der Waals surface area (Å²) < 4.78 is 18.1. The zero-order chi connectivity index (χ0) is 36.0. The smallest absolute Gasteiger partial charge is 0.313 e. The fraction of sp³-hybridized carbons (Fsp3) is 0.487. The van der Waals surface area contributed by atoms with Crippen LogP contribution in [0.25, 0.3) is 0 Å². The van der Waals surface area contributed by atoms with Crippen LogP contribution < -0.4 is 15.0 Å². The largest absolute Gasteiger partial charge is 0.497 e. The Bertz CT molecular complexity index is 1550. The number of likely N-dealkylation sites (tertiary alicyclic amines) is 1. The molecule has 50 heavy (non-hydrogen) atoms. The van der Waals surface area contributed by atoms with Crippen molar-refractivity contribution < 1.29 is 38.5 Å². The number of methoxy groups -OCH3 is 1. The van der Waals surface area contributed by atoms with Crippen LogP contribution in [0.5, 0.6) is 5.75 Å². The molecule has 0 radical (unpaired) electrons. The van der Waals surface area contributed by atoms with E-state index in [4.69, 9.17) is 14.2 Å². The lowest BCUT2D eigenvalue weighted by atomic mass is 9.70. The number of amides is 3. The van der Waals surface area contributed by atoms with Crippen molar-refractivity contribution in [1.29, 1.82) is 0 Å². The van der Waals surface area contributed by atoms with Gasteiger partial charge in [-0.1, -0.05) is 62.8 Å². The van der Waals surface area contributed by atoms with E-state index in [0.717, 1.165) is 0 Å². The Morgan fingerprint density at radius 1 is 1.14 bits per heavy atom.